The lowest BCUT2D eigenvalue weighted by Gasteiger charge is -2.31. The van der Waals surface area contributed by atoms with Gasteiger partial charge in [0, 0.05) is 6.54 Å². The van der Waals surface area contributed by atoms with Gasteiger partial charge in [-0.15, -0.1) is 11.3 Å². The molecule has 116 valence electrons. The van der Waals surface area contributed by atoms with E-state index < -0.39 is 10.0 Å². The molecule has 0 saturated heterocycles. The van der Waals surface area contributed by atoms with Gasteiger partial charge in [0.15, 0.2) is 0 Å². The van der Waals surface area contributed by atoms with Gasteiger partial charge in [-0.05, 0) is 42.7 Å². The topological polar surface area (TPSA) is 70.0 Å². The lowest BCUT2D eigenvalue weighted by atomic mass is 9.79. The van der Waals surface area contributed by atoms with Crippen LogP contribution in [0.5, 0.6) is 0 Å². The quantitative estimate of drug-likeness (QED) is 0.869. The monoisotopic (exact) mass is 326 g/mol. The van der Waals surface area contributed by atoms with E-state index in [-0.39, 0.29) is 9.62 Å². The SMILES string of the molecule is CC(C)CC1(CNS(=O)(=O)c2ccc(C#N)s2)CCCC1. The number of nitrogens with zero attached hydrogens (tertiary/aromatic N) is 1. The first kappa shape index (κ1) is 16.5. The third-order valence-electron chi connectivity index (χ3n) is 4.10. The van der Waals surface area contributed by atoms with Crippen LogP contribution in [0.4, 0.5) is 0 Å². The molecular formula is C15H22N2O2S2. The van der Waals surface area contributed by atoms with E-state index in [0.29, 0.717) is 17.3 Å². The Morgan fingerprint density at radius 2 is 2.05 bits per heavy atom. The molecule has 0 bridgehead atoms. The Morgan fingerprint density at radius 1 is 1.38 bits per heavy atom. The van der Waals surface area contributed by atoms with Crippen molar-refractivity contribution in [2.24, 2.45) is 11.3 Å². The van der Waals surface area contributed by atoms with Gasteiger partial charge < -0.3 is 0 Å². The molecule has 2 rings (SSSR count). The molecule has 1 aliphatic carbocycles. The minimum absolute atomic E-state index is 0.108. The zero-order chi connectivity index (χ0) is 15.5. The van der Waals surface area contributed by atoms with E-state index in [1.165, 1.54) is 18.9 Å². The summed E-state index contributed by atoms with van der Waals surface area (Å²) in [4.78, 5) is 0.424. The molecule has 1 aromatic rings. The van der Waals surface area contributed by atoms with Crippen molar-refractivity contribution in [3.8, 4) is 6.07 Å². The Balaban J connectivity index is 2.08. The van der Waals surface area contributed by atoms with Crippen molar-refractivity contribution in [2.75, 3.05) is 6.54 Å². The van der Waals surface area contributed by atoms with Crippen LogP contribution in [0.2, 0.25) is 0 Å². The maximum Gasteiger partial charge on any atom is 0.250 e. The molecule has 0 spiro atoms. The average molecular weight is 326 g/mol. The van der Waals surface area contributed by atoms with Gasteiger partial charge in [0.05, 0.1) is 0 Å². The summed E-state index contributed by atoms with van der Waals surface area (Å²) in [5.74, 6) is 0.569. The molecule has 1 aliphatic rings. The van der Waals surface area contributed by atoms with Gasteiger partial charge >= 0.3 is 0 Å². The molecule has 0 unspecified atom stereocenters. The average Bonchev–Trinajstić information content (AvgIpc) is 3.05. The third-order valence-corrected chi connectivity index (χ3v) is 6.98. The van der Waals surface area contributed by atoms with E-state index in [0.717, 1.165) is 30.6 Å². The van der Waals surface area contributed by atoms with Crippen molar-refractivity contribution in [2.45, 2.75) is 50.2 Å². The lowest BCUT2D eigenvalue weighted by Crippen LogP contribution is -2.36. The van der Waals surface area contributed by atoms with Gasteiger partial charge in [-0.3, -0.25) is 0 Å². The maximum absolute atomic E-state index is 12.3. The zero-order valence-electron chi connectivity index (χ0n) is 12.6. The first-order chi connectivity index (χ1) is 9.87. The molecule has 1 N–H and O–H groups in total. The fourth-order valence-corrected chi connectivity index (χ4v) is 5.59. The highest BCUT2D eigenvalue weighted by Gasteiger charge is 2.35. The first-order valence-electron chi connectivity index (χ1n) is 7.36. The van der Waals surface area contributed by atoms with E-state index in [1.807, 2.05) is 6.07 Å². The van der Waals surface area contributed by atoms with Gasteiger partial charge in [0.2, 0.25) is 10.0 Å². The van der Waals surface area contributed by atoms with Crippen molar-refractivity contribution in [1.82, 2.24) is 4.72 Å². The number of nitriles is 1. The van der Waals surface area contributed by atoms with Gasteiger partial charge in [0.25, 0.3) is 0 Å². The number of sulfonamides is 1. The highest BCUT2D eigenvalue weighted by atomic mass is 32.2. The Bertz CT molecular complexity index is 620. The number of hydrogen-bond acceptors (Lipinski definition) is 4. The van der Waals surface area contributed by atoms with E-state index in [4.69, 9.17) is 5.26 Å². The summed E-state index contributed by atoms with van der Waals surface area (Å²) in [6, 6.07) is 5.04. The highest BCUT2D eigenvalue weighted by molar-refractivity contribution is 7.91. The van der Waals surface area contributed by atoms with Crippen molar-refractivity contribution < 1.29 is 8.42 Å². The van der Waals surface area contributed by atoms with Gasteiger partial charge in [-0.25, -0.2) is 13.1 Å². The van der Waals surface area contributed by atoms with Crippen LogP contribution in [0.1, 0.15) is 50.8 Å². The summed E-state index contributed by atoms with van der Waals surface area (Å²) in [6.45, 7) is 4.88. The summed E-state index contributed by atoms with van der Waals surface area (Å²) in [7, 11) is -3.49. The zero-order valence-corrected chi connectivity index (χ0v) is 14.2. The van der Waals surface area contributed by atoms with E-state index >= 15 is 0 Å². The lowest BCUT2D eigenvalue weighted by molar-refractivity contribution is 0.236. The van der Waals surface area contributed by atoms with Crippen molar-refractivity contribution in [1.29, 1.82) is 5.26 Å². The molecule has 6 heteroatoms. The number of thiophene rings is 1. The van der Waals surface area contributed by atoms with Crippen LogP contribution in [-0.2, 0) is 10.0 Å². The molecule has 4 nitrogen and oxygen atoms in total. The fraction of sp³-hybridized carbons (Fsp3) is 0.667. The molecule has 0 aliphatic heterocycles. The Morgan fingerprint density at radius 3 is 2.57 bits per heavy atom. The number of rotatable bonds is 6. The highest BCUT2D eigenvalue weighted by Crippen LogP contribution is 2.42. The van der Waals surface area contributed by atoms with Crippen LogP contribution in [0.3, 0.4) is 0 Å². The smallest absolute Gasteiger partial charge is 0.210 e. The molecule has 21 heavy (non-hydrogen) atoms. The largest absolute Gasteiger partial charge is 0.250 e. The van der Waals surface area contributed by atoms with Crippen LogP contribution in [0, 0.1) is 22.7 Å². The van der Waals surface area contributed by atoms with Gasteiger partial charge in [-0.1, -0.05) is 26.7 Å². The molecule has 1 heterocycles. The summed E-state index contributed by atoms with van der Waals surface area (Å²) in [5.41, 5.74) is 0.108. The van der Waals surface area contributed by atoms with Crippen LogP contribution in [0.15, 0.2) is 16.3 Å². The summed E-state index contributed by atoms with van der Waals surface area (Å²) >= 11 is 1.02. The van der Waals surface area contributed by atoms with Crippen LogP contribution >= 0.6 is 11.3 Å². The molecule has 1 fully saturated rings. The van der Waals surface area contributed by atoms with Crippen LogP contribution < -0.4 is 4.72 Å². The van der Waals surface area contributed by atoms with E-state index in [1.54, 1.807) is 6.07 Å². The van der Waals surface area contributed by atoms with E-state index in [2.05, 4.69) is 18.6 Å². The molecule has 0 amide bonds. The van der Waals surface area contributed by atoms with Crippen molar-refractivity contribution in [3.63, 3.8) is 0 Å². The fourth-order valence-electron chi connectivity index (χ4n) is 3.29. The van der Waals surface area contributed by atoms with Gasteiger partial charge in [0.1, 0.15) is 15.2 Å². The van der Waals surface area contributed by atoms with E-state index in [9.17, 15) is 8.42 Å². The molecule has 1 saturated carbocycles. The Hall–Kier alpha value is -0.900. The van der Waals surface area contributed by atoms with Crippen LogP contribution in [-0.4, -0.2) is 15.0 Å². The Kier molecular flexibility index (Phi) is 5.07. The van der Waals surface area contributed by atoms with Crippen molar-refractivity contribution >= 4 is 21.4 Å². The minimum Gasteiger partial charge on any atom is -0.210 e. The predicted octanol–water partition coefficient (Wildman–Crippen LogP) is 3.50. The predicted molar refractivity (Wildman–Crippen MR) is 84.6 cm³/mol. The maximum atomic E-state index is 12.3. The molecule has 1 aromatic heterocycles. The minimum atomic E-state index is -3.49. The third kappa shape index (κ3) is 4.06. The molecular weight excluding hydrogens is 304 g/mol. The Labute approximate surface area is 131 Å². The normalized spacial score (nSPS) is 18.0. The molecule has 0 radical (unpaired) electrons. The summed E-state index contributed by atoms with van der Waals surface area (Å²) in [5, 5.41) is 8.80. The summed E-state index contributed by atoms with van der Waals surface area (Å²) in [6.07, 6.45) is 5.63. The molecule has 0 aromatic carbocycles. The first-order valence-corrected chi connectivity index (χ1v) is 9.66. The second-order valence-corrected chi connectivity index (χ2v) is 9.44. The van der Waals surface area contributed by atoms with Gasteiger partial charge in [-0.2, -0.15) is 5.26 Å². The second-order valence-electron chi connectivity index (χ2n) is 6.36. The summed E-state index contributed by atoms with van der Waals surface area (Å²) < 4.78 is 27.7. The number of nitrogens with one attached hydrogen (secondary N) is 1. The van der Waals surface area contributed by atoms with Crippen LogP contribution in [0.25, 0.3) is 0 Å². The standard InChI is InChI=1S/C15H22N2O2S2/c1-12(2)9-15(7-3-4-8-15)11-17-21(18,19)14-6-5-13(10-16)20-14/h5-6,12,17H,3-4,7-9,11H2,1-2H3. The second kappa shape index (κ2) is 6.47. The molecule has 0 atom stereocenters. The van der Waals surface area contributed by atoms with Crippen molar-refractivity contribution in [3.05, 3.63) is 17.0 Å². The number of hydrogen-bond donors (Lipinski definition) is 1.